The zero-order valence-electron chi connectivity index (χ0n) is 8.65. The molecule has 0 fully saturated rings. The second kappa shape index (κ2) is 4.76. The Bertz CT molecular complexity index is 304. The van der Waals surface area contributed by atoms with E-state index in [0.717, 1.165) is 6.42 Å². The summed E-state index contributed by atoms with van der Waals surface area (Å²) in [6.07, 6.45) is 2.32. The van der Waals surface area contributed by atoms with Crippen LogP contribution in [-0.4, -0.2) is 24.2 Å². The quantitative estimate of drug-likeness (QED) is 0.776. The summed E-state index contributed by atoms with van der Waals surface area (Å²) in [6, 6.07) is -0.150. The van der Waals surface area contributed by atoms with Crippen LogP contribution in [0.1, 0.15) is 25.1 Å². The second-order valence-electron chi connectivity index (χ2n) is 2.82. The van der Waals surface area contributed by atoms with Crippen LogP contribution in [0.3, 0.4) is 0 Å². The Morgan fingerprint density at radius 3 is 2.64 bits per heavy atom. The first kappa shape index (κ1) is 10.7. The monoisotopic (exact) mass is 197 g/mol. The molecule has 2 N–H and O–H groups in total. The number of ether oxygens (including phenoxy) is 2. The Labute approximate surface area is 83.3 Å². The molecule has 5 heteroatoms. The first-order chi connectivity index (χ1) is 6.72. The Kier molecular flexibility index (Phi) is 3.64. The van der Waals surface area contributed by atoms with Gasteiger partial charge in [-0.05, 0) is 6.42 Å². The highest BCUT2D eigenvalue weighted by molar-refractivity contribution is 5.25. The zero-order valence-corrected chi connectivity index (χ0v) is 8.65. The van der Waals surface area contributed by atoms with E-state index >= 15 is 0 Å². The molecule has 0 radical (unpaired) electrons. The first-order valence-corrected chi connectivity index (χ1v) is 4.43. The molecule has 1 rings (SSSR count). The molecule has 0 bridgehead atoms. The molecule has 0 saturated heterocycles. The SMILES string of the molecule is CCC(N)c1ncc(OC)nc1OC. The lowest BCUT2D eigenvalue weighted by Gasteiger charge is -2.12. The highest BCUT2D eigenvalue weighted by Gasteiger charge is 2.14. The van der Waals surface area contributed by atoms with Crippen LogP contribution in [0.2, 0.25) is 0 Å². The van der Waals surface area contributed by atoms with Crippen molar-refractivity contribution in [2.24, 2.45) is 5.73 Å². The lowest BCUT2D eigenvalue weighted by Crippen LogP contribution is -2.13. The normalized spacial score (nSPS) is 12.3. The van der Waals surface area contributed by atoms with Gasteiger partial charge in [-0.3, -0.25) is 0 Å². The van der Waals surface area contributed by atoms with E-state index in [1.54, 1.807) is 0 Å². The molecule has 5 nitrogen and oxygen atoms in total. The molecule has 0 saturated carbocycles. The average Bonchev–Trinajstić information content (AvgIpc) is 2.27. The fraction of sp³-hybridized carbons (Fsp3) is 0.556. The van der Waals surface area contributed by atoms with Crippen molar-refractivity contribution in [3.8, 4) is 11.8 Å². The summed E-state index contributed by atoms with van der Waals surface area (Å²) < 4.78 is 10.0. The van der Waals surface area contributed by atoms with Gasteiger partial charge in [-0.15, -0.1) is 0 Å². The minimum Gasteiger partial charge on any atom is -0.480 e. The van der Waals surface area contributed by atoms with Crippen LogP contribution in [0.5, 0.6) is 11.8 Å². The fourth-order valence-electron chi connectivity index (χ4n) is 1.06. The molecule has 1 unspecified atom stereocenters. The van der Waals surface area contributed by atoms with Crippen molar-refractivity contribution in [3.63, 3.8) is 0 Å². The lowest BCUT2D eigenvalue weighted by atomic mass is 10.2. The van der Waals surface area contributed by atoms with Gasteiger partial charge in [-0.25, -0.2) is 4.98 Å². The van der Waals surface area contributed by atoms with Gasteiger partial charge in [0.1, 0.15) is 5.69 Å². The highest BCUT2D eigenvalue weighted by atomic mass is 16.5. The van der Waals surface area contributed by atoms with Crippen LogP contribution in [0, 0.1) is 0 Å². The van der Waals surface area contributed by atoms with Gasteiger partial charge in [0.05, 0.1) is 26.5 Å². The summed E-state index contributed by atoms with van der Waals surface area (Å²) in [4.78, 5) is 8.25. The Hall–Kier alpha value is -1.36. The third kappa shape index (κ3) is 2.11. The summed E-state index contributed by atoms with van der Waals surface area (Å²) in [5.41, 5.74) is 6.50. The van der Waals surface area contributed by atoms with Crippen molar-refractivity contribution in [1.29, 1.82) is 0 Å². The van der Waals surface area contributed by atoms with E-state index in [9.17, 15) is 0 Å². The van der Waals surface area contributed by atoms with Gasteiger partial charge in [-0.1, -0.05) is 6.92 Å². The predicted molar refractivity (Wildman–Crippen MR) is 52.4 cm³/mol. The average molecular weight is 197 g/mol. The Balaban J connectivity index is 3.04. The minimum atomic E-state index is -0.150. The maximum atomic E-state index is 5.84. The van der Waals surface area contributed by atoms with E-state index < -0.39 is 0 Å². The van der Waals surface area contributed by atoms with Crippen molar-refractivity contribution in [1.82, 2.24) is 9.97 Å². The van der Waals surface area contributed by atoms with Crippen molar-refractivity contribution in [3.05, 3.63) is 11.9 Å². The van der Waals surface area contributed by atoms with Crippen molar-refractivity contribution in [2.75, 3.05) is 14.2 Å². The van der Waals surface area contributed by atoms with E-state index in [1.807, 2.05) is 6.92 Å². The lowest BCUT2D eigenvalue weighted by molar-refractivity contribution is 0.353. The standard InChI is InChI=1S/C9H15N3O2/c1-4-6(10)8-9(14-3)12-7(13-2)5-11-8/h5-6H,4,10H2,1-3H3. The molecular weight excluding hydrogens is 182 g/mol. The van der Waals surface area contributed by atoms with Crippen LogP contribution < -0.4 is 15.2 Å². The number of hydrogen-bond donors (Lipinski definition) is 1. The molecule has 0 aliphatic carbocycles. The van der Waals surface area contributed by atoms with Gasteiger partial charge in [0, 0.05) is 0 Å². The number of nitrogens with zero attached hydrogens (tertiary/aromatic N) is 2. The molecule has 14 heavy (non-hydrogen) atoms. The smallest absolute Gasteiger partial charge is 0.240 e. The number of nitrogens with two attached hydrogens (primary N) is 1. The fourth-order valence-corrected chi connectivity index (χ4v) is 1.06. The maximum absolute atomic E-state index is 5.84. The van der Waals surface area contributed by atoms with Gasteiger partial charge < -0.3 is 15.2 Å². The van der Waals surface area contributed by atoms with Crippen LogP contribution in [-0.2, 0) is 0 Å². The molecule has 0 aliphatic rings. The summed E-state index contributed by atoms with van der Waals surface area (Å²) in [5.74, 6) is 0.854. The van der Waals surface area contributed by atoms with E-state index in [1.165, 1.54) is 20.4 Å². The van der Waals surface area contributed by atoms with Crippen molar-refractivity contribution < 1.29 is 9.47 Å². The molecular formula is C9H15N3O2. The van der Waals surface area contributed by atoms with Gasteiger partial charge in [0.2, 0.25) is 11.8 Å². The number of hydrogen-bond acceptors (Lipinski definition) is 5. The summed E-state index contributed by atoms with van der Waals surface area (Å²) >= 11 is 0. The van der Waals surface area contributed by atoms with Crippen molar-refractivity contribution >= 4 is 0 Å². The third-order valence-corrected chi connectivity index (χ3v) is 1.94. The zero-order chi connectivity index (χ0) is 10.6. The van der Waals surface area contributed by atoms with Gasteiger partial charge in [0.25, 0.3) is 0 Å². The van der Waals surface area contributed by atoms with Gasteiger partial charge >= 0.3 is 0 Å². The summed E-state index contributed by atoms with van der Waals surface area (Å²) in [5, 5.41) is 0. The topological polar surface area (TPSA) is 70.3 Å². The van der Waals surface area contributed by atoms with Crippen LogP contribution in [0.25, 0.3) is 0 Å². The maximum Gasteiger partial charge on any atom is 0.240 e. The van der Waals surface area contributed by atoms with Crippen molar-refractivity contribution in [2.45, 2.75) is 19.4 Å². The highest BCUT2D eigenvalue weighted by Crippen LogP contribution is 2.22. The van der Waals surface area contributed by atoms with Crippen LogP contribution in [0.4, 0.5) is 0 Å². The molecule has 1 heterocycles. The number of aromatic nitrogens is 2. The molecule has 0 spiro atoms. The molecule has 0 aromatic carbocycles. The Morgan fingerprint density at radius 2 is 2.14 bits per heavy atom. The van der Waals surface area contributed by atoms with Crippen LogP contribution in [0.15, 0.2) is 6.20 Å². The molecule has 0 amide bonds. The molecule has 1 atom stereocenters. The van der Waals surface area contributed by atoms with E-state index in [2.05, 4.69) is 9.97 Å². The number of methoxy groups -OCH3 is 2. The first-order valence-electron chi connectivity index (χ1n) is 4.43. The predicted octanol–water partition coefficient (Wildman–Crippen LogP) is 0.904. The molecule has 78 valence electrons. The van der Waals surface area contributed by atoms with E-state index in [0.29, 0.717) is 17.5 Å². The molecule has 0 aliphatic heterocycles. The number of rotatable bonds is 4. The molecule has 1 aromatic heterocycles. The largest absolute Gasteiger partial charge is 0.480 e. The van der Waals surface area contributed by atoms with Gasteiger partial charge in [0.15, 0.2) is 0 Å². The summed E-state index contributed by atoms with van der Waals surface area (Å²) in [7, 11) is 3.07. The second-order valence-corrected chi connectivity index (χ2v) is 2.82. The minimum absolute atomic E-state index is 0.150. The molecule has 1 aromatic rings. The summed E-state index contributed by atoms with van der Waals surface area (Å²) in [6.45, 7) is 1.98. The van der Waals surface area contributed by atoms with Crippen LogP contribution >= 0.6 is 0 Å². The third-order valence-electron chi connectivity index (χ3n) is 1.94. The Morgan fingerprint density at radius 1 is 1.43 bits per heavy atom. The van der Waals surface area contributed by atoms with E-state index in [4.69, 9.17) is 15.2 Å². The van der Waals surface area contributed by atoms with Gasteiger partial charge in [-0.2, -0.15) is 4.98 Å². The van der Waals surface area contributed by atoms with E-state index in [-0.39, 0.29) is 6.04 Å².